The molecule has 1 aliphatic heterocycles. The van der Waals surface area contributed by atoms with E-state index >= 15 is 0 Å². The average Bonchev–Trinajstić information content (AvgIpc) is 2.68. The number of para-hydroxylation sites is 1. The molecule has 0 bridgehead atoms. The minimum absolute atomic E-state index is 0.224. The van der Waals surface area contributed by atoms with Crippen molar-refractivity contribution in [3.8, 4) is 5.75 Å². The fourth-order valence-electron chi connectivity index (χ4n) is 2.83. The number of nitrogens with zero attached hydrogens (tertiary/aromatic N) is 1. The summed E-state index contributed by atoms with van der Waals surface area (Å²) in [5, 5.41) is 3.43. The van der Waals surface area contributed by atoms with Crippen LogP contribution in [0.4, 0.5) is 4.79 Å². The van der Waals surface area contributed by atoms with Crippen molar-refractivity contribution in [1.29, 1.82) is 0 Å². The lowest BCUT2D eigenvalue weighted by molar-refractivity contribution is 0.0827. The van der Waals surface area contributed by atoms with Crippen molar-refractivity contribution < 1.29 is 14.3 Å². The van der Waals surface area contributed by atoms with Gasteiger partial charge < -0.3 is 19.7 Å². The number of piperazine rings is 1. The highest BCUT2D eigenvalue weighted by Gasteiger charge is 2.24. The Kier molecular flexibility index (Phi) is 6.29. The molecule has 0 unspecified atom stereocenters. The van der Waals surface area contributed by atoms with Gasteiger partial charge in [0.25, 0.3) is 0 Å². The number of hydrogen-bond donors (Lipinski definition) is 1. The van der Waals surface area contributed by atoms with E-state index in [9.17, 15) is 4.79 Å². The Bertz CT molecular complexity index is 649. The van der Waals surface area contributed by atoms with Crippen molar-refractivity contribution in [2.45, 2.75) is 19.1 Å². The summed E-state index contributed by atoms with van der Waals surface area (Å²) in [5.41, 5.74) is 0.999. The van der Waals surface area contributed by atoms with E-state index in [2.05, 4.69) is 5.32 Å². The highest BCUT2D eigenvalue weighted by molar-refractivity contribution is 5.67. The Hall–Kier alpha value is -2.53. The van der Waals surface area contributed by atoms with Gasteiger partial charge in [0.2, 0.25) is 0 Å². The van der Waals surface area contributed by atoms with Crippen molar-refractivity contribution in [1.82, 2.24) is 10.2 Å². The lowest BCUT2D eigenvalue weighted by Gasteiger charge is -2.33. The fourth-order valence-corrected chi connectivity index (χ4v) is 2.83. The minimum Gasteiger partial charge on any atom is -0.494 e. The third-order valence-electron chi connectivity index (χ3n) is 4.20. The summed E-state index contributed by atoms with van der Waals surface area (Å²) in [5.74, 6) is 0.873. The van der Waals surface area contributed by atoms with Crippen molar-refractivity contribution in [3.05, 3.63) is 66.2 Å². The van der Waals surface area contributed by atoms with Crippen LogP contribution in [0.15, 0.2) is 60.7 Å². The van der Waals surface area contributed by atoms with Gasteiger partial charge >= 0.3 is 6.09 Å². The number of amides is 1. The molecule has 25 heavy (non-hydrogen) atoms. The molecule has 1 aliphatic rings. The van der Waals surface area contributed by atoms with Crippen LogP contribution in [0.3, 0.4) is 0 Å². The summed E-state index contributed by atoms with van der Waals surface area (Å²) in [4.78, 5) is 14.0. The van der Waals surface area contributed by atoms with Gasteiger partial charge in [0, 0.05) is 25.7 Å². The Morgan fingerprint density at radius 3 is 2.56 bits per heavy atom. The number of hydrogen-bond acceptors (Lipinski definition) is 4. The smallest absolute Gasteiger partial charge is 0.410 e. The highest BCUT2D eigenvalue weighted by atomic mass is 16.6. The van der Waals surface area contributed by atoms with Crippen molar-refractivity contribution in [2.24, 2.45) is 0 Å². The van der Waals surface area contributed by atoms with E-state index < -0.39 is 0 Å². The number of ether oxygens (including phenoxy) is 2. The first-order valence-electron chi connectivity index (χ1n) is 8.68. The molecule has 1 saturated heterocycles. The van der Waals surface area contributed by atoms with Crippen LogP contribution in [0.2, 0.25) is 0 Å². The maximum absolute atomic E-state index is 12.3. The second-order valence-electron chi connectivity index (χ2n) is 6.09. The third-order valence-corrected chi connectivity index (χ3v) is 4.20. The van der Waals surface area contributed by atoms with Crippen LogP contribution < -0.4 is 10.1 Å². The van der Waals surface area contributed by atoms with Crippen LogP contribution in [0.5, 0.6) is 5.75 Å². The zero-order valence-electron chi connectivity index (χ0n) is 14.3. The normalized spacial score (nSPS) is 17.1. The Morgan fingerprint density at radius 2 is 1.80 bits per heavy atom. The second-order valence-corrected chi connectivity index (χ2v) is 6.09. The van der Waals surface area contributed by atoms with E-state index in [4.69, 9.17) is 9.47 Å². The molecular formula is C20H24N2O3. The fraction of sp³-hybridized carbons (Fsp3) is 0.350. The zero-order chi connectivity index (χ0) is 17.3. The molecule has 2 aromatic rings. The third kappa shape index (κ3) is 5.50. The van der Waals surface area contributed by atoms with Crippen molar-refractivity contribution in [2.75, 3.05) is 26.2 Å². The topological polar surface area (TPSA) is 50.8 Å². The maximum Gasteiger partial charge on any atom is 0.410 e. The molecule has 132 valence electrons. The molecule has 0 aromatic heterocycles. The highest BCUT2D eigenvalue weighted by Crippen LogP contribution is 2.11. The Morgan fingerprint density at radius 1 is 1.08 bits per heavy atom. The van der Waals surface area contributed by atoms with Gasteiger partial charge in [0.05, 0.1) is 6.61 Å². The van der Waals surface area contributed by atoms with Crippen LogP contribution in [-0.4, -0.2) is 43.3 Å². The summed E-state index contributed by atoms with van der Waals surface area (Å²) in [7, 11) is 0. The van der Waals surface area contributed by atoms with Gasteiger partial charge in [-0.05, 0) is 24.1 Å². The van der Waals surface area contributed by atoms with Gasteiger partial charge in [-0.2, -0.15) is 0 Å². The molecule has 1 heterocycles. The first-order valence-corrected chi connectivity index (χ1v) is 8.68. The molecule has 3 rings (SSSR count). The van der Waals surface area contributed by atoms with Crippen LogP contribution in [0.1, 0.15) is 12.0 Å². The quantitative estimate of drug-likeness (QED) is 0.878. The van der Waals surface area contributed by atoms with Crippen molar-refractivity contribution >= 4 is 6.09 Å². The largest absolute Gasteiger partial charge is 0.494 e. The molecule has 2 aromatic carbocycles. The zero-order valence-corrected chi connectivity index (χ0v) is 14.3. The second kappa shape index (κ2) is 9.08. The number of benzene rings is 2. The van der Waals surface area contributed by atoms with Gasteiger partial charge in [0.15, 0.2) is 0 Å². The van der Waals surface area contributed by atoms with Gasteiger partial charge in [-0.1, -0.05) is 48.5 Å². The molecule has 1 amide bonds. The van der Waals surface area contributed by atoms with Crippen LogP contribution >= 0.6 is 0 Å². The maximum atomic E-state index is 12.3. The summed E-state index contributed by atoms with van der Waals surface area (Å²) >= 11 is 0. The van der Waals surface area contributed by atoms with Gasteiger partial charge in [-0.3, -0.25) is 0 Å². The van der Waals surface area contributed by atoms with Crippen LogP contribution in [-0.2, 0) is 11.3 Å². The van der Waals surface area contributed by atoms with Crippen LogP contribution in [0.25, 0.3) is 0 Å². The first kappa shape index (κ1) is 17.3. The number of nitrogens with one attached hydrogen (secondary N) is 1. The summed E-state index contributed by atoms with van der Waals surface area (Å²) < 4.78 is 11.2. The van der Waals surface area contributed by atoms with E-state index in [1.54, 1.807) is 4.90 Å². The minimum atomic E-state index is -0.251. The molecule has 1 N–H and O–H groups in total. The average molecular weight is 340 g/mol. The van der Waals surface area contributed by atoms with Gasteiger partial charge in [-0.25, -0.2) is 4.79 Å². The molecule has 0 radical (unpaired) electrons. The molecule has 0 aliphatic carbocycles. The number of carbonyl (C=O) groups excluding carboxylic acids is 1. The van der Waals surface area contributed by atoms with E-state index in [1.165, 1.54) is 0 Å². The van der Waals surface area contributed by atoms with Gasteiger partial charge in [0.1, 0.15) is 12.4 Å². The Balaban J connectivity index is 1.40. The van der Waals surface area contributed by atoms with Crippen molar-refractivity contribution in [3.63, 3.8) is 0 Å². The number of carbonyl (C=O) groups is 1. The van der Waals surface area contributed by atoms with Gasteiger partial charge in [-0.15, -0.1) is 0 Å². The predicted molar refractivity (Wildman–Crippen MR) is 96.5 cm³/mol. The summed E-state index contributed by atoms with van der Waals surface area (Å²) in [6, 6.07) is 19.7. The first-order chi connectivity index (χ1) is 12.3. The molecule has 5 heteroatoms. The Labute approximate surface area is 148 Å². The predicted octanol–water partition coefficient (Wildman–Crippen LogP) is 3.07. The van der Waals surface area contributed by atoms with E-state index in [0.717, 1.165) is 24.3 Å². The van der Waals surface area contributed by atoms with Crippen LogP contribution in [0, 0.1) is 0 Å². The van der Waals surface area contributed by atoms with E-state index in [0.29, 0.717) is 26.3 Å². The van der Waals surface area contributed by atoms with E-state index in [1.807, 2.05) is 60.7 Å². The standard InChI is InChI=1S/C20H24N2O3/c23-20(25-16-17-7-3-1-4-8-17)22-13-12-21-18(15-22)11-14-24-19-9-5-2-6-10-19/h1-10,18,21H,11-16H2/t18-/m1/s1. The lowest BCUT2D eigenvalue weighted by Crippen LogP contribution is -2.53. The molecule has 5 nitrogen and oxygen atoms in total. The summed E-state index contributed by atoms with van der Waals surface area (Å²) in [6.07, 6.45) is 0.594. The monoisotopic (exact) mass is 340 g/mol. The molecule has 0 spiro atoms. The molecule has 1 fully saturated rings. The molecular weight excluding hydrogens is 316 g/mol. The summed E-state index contributed by atoms with van der Waals surface area (Å²) in [6.45, 7) is 3.02. The lowest BCUT2D eigenvalue weighted by atomic mass is 10.1. The van der Waals surface area contributed by atoms with E-state index in [-0.39, 0.29) is 12.1 Å². The number of rotatable bonds is 6. The SMILES string of the molecule is O=C(OCc1ccccc1)N1CCN[C@H](CCOc2ccccc2)C1. The molecule has 0 saturated carbocycles. The molecule has 1 atom stereocenters.